The van der Waals surface area contributed by atoms with E-state index < -0.39 is 5.60 Å². The van der Waals surface area contributed by atoms with E-state index in [0.717, 1.165) is 0 Å². The average molecular weight is 100 g/mol. The van der Waals surface area contributed by atoms with Gasteiger partial charge in [-0.3, -0.25) is 4.79 Å². The number of hydrogen-bond acceptors (Lipinski definition) is 2. The highest BCUT2D eigenvalue weighted by Gasteiger charge is 2.10. The van der Waals surface area contributed by atoms with Crippen LogP contribution in [0.25, 0.3) is 0 Å². The van der Waals surface area contributed by atoms with Crippen molar-refractivity contribution in [2.75, 3.05) is 0 Å². The standard InChI is InChI=1S/C5H8O2/c1-3-5(2,7)4-6/h3-4,7H,1H2,2H3/t5-/m0/s1. The molecule has 0 aliphatic rings. The fourth-order valence-corrected chi connectivity index (χ4v) is 0.0481. The van der Waals surface area contributed by atoms with Crippen LogP contribution in [0.2, 0.25) is 0 Å². The third-order valence-electron chi connectivity index (χ3n) is 0.652. The Labute approximate surface area is 42.5 Å². The predicted octanol–water partition coefficient (Wildman–Crippen LogP) is 0.122. The molecular formula is C5H8O2. The number of aldehydes is 1. The Kier molecular flexibility index (Phi) is 1.72. The molecule has 0 aliphatic heterocycles. The van der Waals surface area contributed by atoms with Gasteiger partial charge >= 0.3 is 0 Å². The summed E-state index contributed by atoms with van der Waals surface area (Å²) in [5.41, 5.74) is -1.33. The molecule has 0 amide bonds. The third-order valence-corrected chi connectivity index (χ3v) is 0.652. The Hall–Kier alpha value is -0.630. The van der Waals surface area contributed by atoms with E-state index in [0.29, 0.717) is 6.29 Å². The zero-order valence-corrected chi connectivity index (χ0v) is 4.22. The normalized spacial score (nSPS) is 17.4. The van der Waals surface area contributed by atoms with Crippen molar-refractivity contribution < 1.29 is 9.90 Å². The minimum absolute atomic E-state index is 0.431. The predicted molar refractivity (Wildman–Crippen MR) is 26.9 cm³/mol. The van der Waals surface area contributed by atoms with Gasteiger partial charge in [-0.05, 0) is 6.92 Å². The van der Waals surface area contributed by atoms with Crippen LogP contribution in [-0.4, -0.2) is 17.0 Å². The monoisotopic (exact) mass is 100 g/mol. The summed E-state index contributed by atoms with van der Waals surface area (Å²) in [6.07, 6.45) is 1.61. The maximum Gasteiger partial charge on any atom is 0.155 e. The highest BCUT2D eigenvalue weighted by atomic mass is 16.3. The Morgan fingerprint density at radius 1 is 1.86 bits per heavy atom. The summed E-state index contributed by atoms with van der Waals surface area (Å²) in [5.74, 6) is 0. The second-order valence-electron chi connectivity index (χ2n) is 1.55. The van der Waals surface area contributed by atoms with E-state index in [1.165, 1.54) is 13.0 Å². The number of carbonyl (C=O) groups excluding carboxylic acids is 1. The van der Waals surface area contributed by atoms with Gasteiger partial charge in [0.15, 0.2) is 6.29 Å². The first-order chi connectivity index (χ1) is 3.12. The molecule has 0 aromatic rings. The molecule has 1 atom stereocenters. The lowest BCUT2D eigenvalue weighted by Crippen LogP contribution is -2.21. The molecule has 2 nitrogen and oxygen atoms in total. The molecule has 0 aromatic carbocycles. The van der Waals surface area contributed by atoms with Crippen LogP contribution in [0, 0.1) is 0 Å². The lowest BCUT2D eigenvalue weighted by molar-refractivity contribution is -0.118. The fourth-order valence-electron chi connectivity index (χ4n) is 0.0481. The summed E-state index contributed by atoms with van der Waals surface area (Å²) in [4.78, 5) is 9.74. The molecule has 0 saturated heterocycles. The summed E-state index contributed by atoms with van der Waals surface area (Å²) < 4.78 is 0. The quantitative estimate of drug-likeness (QED) is 0.395. The zero-order chi connectivity index (χ0) is 5.91. The lowest BCUT2D eigenvalue weighted by atomic mass is 10.1. The number of aliphatic hydroxyl groups is 1. The van der Waals surface area contributed by atoms with Crippen LogP contribution in [-0.2, 0) is 4.79 Å². The van der Waals surface area contributed by atoms with Crippen molar-refractivity contribution in [1.29, 1.82) is 0 Å². The molecular weight excluding hydrogens is 92.1 g/mol. The van der Waals surface area contributed by atoms with E-state index in [-0.39, 0.29) is 0 Å². The van der Waals surface area contributed by atoms with Crippen LogP contribution in [0.5, 0.6) is 0 Å². The van der Waals surface area contributed by atoms with Crippen LogP contribution < -0.4 is 0 Å². The van der Waals surface area contributed by atoms with Crippen molar-refractivity contribution in [3.63, 3.8) is 0 Å². The largest absolute Gasteiger partial charge is 0.379 e. The first kappa shape index (κ1) is 6.37. The molecule has 7 heavy (non-hydrogen) atoms. The van der Waals surface area contributed by atoms with Crippen molar-refractivity contribution in [2.45, 2.75) is 12.5 Å². The van der Waals surface area contributed by atoms with Gasteiger partial charge in [-0.1, -0.05) is 12.7 Å². The van der Waals surface area contributed by atoms with Crippen LogP contribution in [0.3, 0.4) is 0 Å². The van der Waals surface area contributed by atoms with Crippen molar-refractivity contribution >= 4 is 6.29 Å². The molecule has 0 unspecified atom stereocenters. The number of carbonyl (C=O) groups is 1. The summed E-state index contributed by atoms with van der Waals surface area (Å²) in [6.45, 7) is 4.59. The summed E-state index contributed by atoms with van der Waals surface area (Å²) in [7, 11) is 0. The second-order valence-corrected chi connectivity index (χ2v) is 1.55. The molecule has 0 bridgehead atoms. The Balaban J connectivity index is 3.82. The van der Waals surface area contributed by atoms with E-state index in [2.05, 4.69) is 6.58 Å². The van der Waals surface area contributed by atoms with Crippen molar-refractivity contribution in [3.8, 4) is 0 Å². The van der Waals surface area contributed by atoms with E-state index in [1.807, 2.05) is 0 Å². The highest BCUT2D eigenvalue weighted by molar-refractivity contribution is 5.64. The summed E-state index contributed by atoms with van der Waals surface area (Å²) in [5, 5.41) is 8.65. The van der Waals surface area contributed by atoms with Gasteiger partial charge in [0.05, 0.1) is 0 Å². The molecule has 0 aliphatic carbocycles. The topological polar surface area (TPSA) is 37.3 Å². The molecule has 40 valence electrons. The van der Waals surface area contributed by atoms with Crippen molar-refractivity contribution in [2.24, 2.45) is 0 Å². The van der Waals surface area contributed by atoms with E-state index in [1.54, 1.807) is 0 Å². The molecule has 0 fully saturated rings. The second kappa shape index (κ2) is 1.89. The van der Waals surface area contributed by atoms with E-state index in [4.69, 9.17) is 5.11 Å². The molecule has 0 radical (unpaired) electrons. The van der Waals surface area contributed by atoms with Crippen LogP contribution in [0.15, 0.2) is 12.7 Å². The summed E-state index contributed by atoms with van der Waals surface area (Å²) in [6, 6.07) is 0. The first-order valence-corrected chi connectivity index (χ1v) is 1.94. The van der Waals surface area contributed by atoms with Crippen LogP contribution in [0.4, 0.5) is 0 Å². The Morgan fingerprint density at radius 2 is 2.29 bits per heavy atom. The van der Waals surface area contributed by atoms with Gasteiger partial charge in [0.1, 0.15) is 5.60 Å². The molecule has 0 heterocycles. The van der Waals surface area contributed by atoms with Gasteiger partial charge < -0.3 is 5.11 Å². The minimum atomic E-state index is -1.33. The highest BCUT2D eigenvalue weighted by Crippen LogP contribution is 1.96. The maximum absolute atomic E-state index is 9.74. The summed E-state index contributed by atoms with van der Waals surface area (Å²) >= 11 is 0. The Morgan fingerprint density at radius 3 is 2.29 bits per heavy atom. The number of rotatable bonds is 2. The van der Waals surface area contributed by atoms with E-state index in [9.17, 15) is 4.79 Å². The molecule has 0 saturated carbocycles. The van der Waals surface area contributed by atoms with Crippen molar-refractivity contribution in [3.05, 3.63) is 12.7 Å². The van der Waals surface area contributed by atoms with Gasteiger partial charge in [-0.15, -0.1) is 0 Å². The van der Waals surface area contributed by atoms with Crippen molar-refractivity contribution in [1.82, 2.24) is 0 Å². The molecule has 1 N–H and O–H groups in total. The smallest absolute Gasteiger partial charge is 0.155 e. The SMILES string of the molecule is C=C[C@](C)(O)C=O. The first-order valence-electron chi connectivity index (χ1n) is 1.94. The zero-order valence-electron chi connectivity index (χ0n) is 4.22. The van der Waals surface area contributed by atoms with Gasteiger partial charge in [-0.25, -0.2) is 0 Å². The van der Waals surface area contributed by atoms with E-state index >= 15 is 0 Å². The molecule has 0 aromatic heterocycles. The molecule has 2 heteroatoms. The lowest BCUT2D eigenvalue weighted by Gasteiger charge is -2.05. The molecule has 0 spiro atoms. The van der Waals surface area contributed by atoms with Crippen LogP contribution >= 0.6 is 0 Å². The van der Waals surface area contributed by atoms with Gasteiger partial charge in [0.2, 0.25) is 0 Å². The minimum Gasteiger partial charge on any atom is -0.379 e. The average Bonchev–Trinajstić information content (AvgIpc) is 1.68. The maximum atomic E-state index is 9.74. The van der Waals surface area contributed by atoms with Gasteiger partial charge in [-0.2, -0.15) is 0 Å². The Bertz CT molecular complexity index is 74.1. The van der Waals surface area contributed by atoms with Gasteiger partial charge in [0.25, 0.3) is 0 Å². The molecule has 0 rings (SSSR count). The van der Waals surface area contributed by atoms with Gasteiger partial charge in [0, 0.05) is 0 Å². The number of hydrogen-bond donors (Lipinski definition) is 1. The fraction of sp³-hybridized carbons (Fsp3) is 0.400. The van der Waals surface area contributed by atoms with Crippen LogP contribution in [0.1, 0.15) is 6.92 Å². The third kappa shape index (κ3) is 2.11.